The average Bonchev–Trinajstić information content (AvgIpc) is 2.82. The van der Waals surface area contributed by atoms with Crippen LogP contribution >= 0.6 is 0 Å². The van der Waals surface area contributed by atoms with E-state index in [1.807, 2.05) is 0 Å². The van der Waals surface area contributed by atoms with Crippen LogP contribution in [0, 0.1) is 5.92 Å². The molecule has 1 atom stereocenters. The zero-order chi connectivity index (χ0) is 11.0. The minimum absolute atomic E-state index is 0.800. The quantitative estimate of drug-likeness (QED) is 0.722. The Hall–Kier alpha value is -1.12. The number of nitrogens with zero attached hydrogens (tertiary/aromatic N) is 3. The van der Waals surface area contributed by atoms with Crippen LogP contribution in [0.4, 0.5) is 5.95 Å². The molecule has 0 N–H and O–H groups in total. The van der Waals surface area contributed by atoms with Crippen LogP contribution in [-0.4, -0.2) is 23.1 Å². The first kappa shape index (κ1) is 10.1. The topological polar surface area (TPSA) is 29.0 Å². The highest BCUT2D eigenvalue weighted by molar-refractivity contribution is 5.35. The first-order valence-electron chi connectivity index (χ1n) is 6.42. The van der Waals surface area contributed by atoms with Gasteiger partial charge in [-0.25, -0.2) is 9.97 Å². The van der Waals surface area contributed by atoms with Crippen LogP contribution in [0.15, 0.2) is 6.20 Å². The number of rotatable bonds is 1. The monoisotopic (exact) mass is 217 g/mol. The van der Waals surface area contributed by atoms with E-state index in [-0.39, 0.29) is 0 Å². The van der Waals surface area contributed by atoms with Gasteiger partial charge < -0.3 is 4.90 Å². The molecule has 1 aliphatic heterocycles. The Kier molecular flexibility index (Phi) is 2.54. The second-order valence-corrected chi connectivity index (χ2v) is 5.18. The third-order valence-electron chi connectivity index (χ3n) is 3.77. The van der Waals surface area contributed by atoms with Crippen molar-refractivity contribution >= 4 is 5.95 Å². The Morgan fingerprint density at radius 2 is 2.12 bits per heavy atom. The highest BCUT2D eigenvalue weighted by atomic mass is 15.3. The summed E-state index contributed by atoms with van der Waals surface area (Å²) in [5.74, 6) is 1.76. The van der Waals surface area contributed by atoms with E-state index in [1.165, 1.54) is 30.5 Å². The van der Waals surface area contributed by atoms with Crippen LogP contribution in [0.3, 0.4) is 0 Å². The predicted octanol–water partition coefficient (Wildman–Crippen LogP) is 2.20. The molecule has 0 spiro atoms. The Balaban J connectivity index is 1.87. The maximum atomic E-state index is 4.74. The average molecular weight is 217 g/mol. The molecular weight excluding hydrogens is 198 g/mol. The molecule has 2 heterocycles. The Bertz CT molecular complexity index is 383. The van der Waals surface area contributed by atoms with E-state index in [0.29, 0.717) is 0 Å². The zero-order valence-electron chi connectivity index (χ0n) is 9.95. The molecule has 1 aromatic rings. The smallest absolute Gasteiger partial charge is 0.225 e. The van der Waals surface area contributed by atoms with Gasteiger partial charge in [-0.05, 0) is 43.6 Å². The molecule has 1 aliphatic carbocycles. The fourth-order valence-corrected chi connectivity index (χ4v) is 2.75. The number of hydrogen-bond acceptors (Lipinski definition) is 3. The van der Waals surface area contributed by atoms with Crippen molar-refractivity contribution in [3.05, 3.63) is 17.5 Å². The summed E-state index contributed by atoms with van der Waals surface area (Å²) in [7, 11) is 0. The first-order chi connectivity index (χ1) is 7.83. The van der Waals surface area contributed by atoms with Crippen molar-refractivity contribution in [2.24, 2.45) is 5.92 Å². The standard InChI is InChI=1S/C13H19N3/c1-10-4-5-12-11(8-10)9-14-13(15-12)16-6-2-3-7-16/h9-10H,2-8H2,1H3. The lowest BCUT2D eigenvalue weighted by atomic mass is 9.89. The molecule has 16 heavy (non-hydrogen) atoms. The van der Waals surface area contributed by atoms with E-state index >= 15 is 0 Å². The van der Waals surface area contributed by atoms with E-state index in [2.05, 4.69) is 23.0 Å². The van der Waals surface area contributed by atoms with Crippen LogP contribution in [-0.2, 0) is 12.8 Å². The minimum atomic E-state index is 0.800. The van der Waals surface area contributed by atoms with E-state index in [9.17, 15) is 0 Å². The molecule has 3 heteroatoms. The molecule has 0 amide bonds. The summed E-state index contributed by atoms with van der Waals surface area (Å²) >= 11 is 0. The lowest BCUT2D eigenvalue weighted by Gasteiger charge is -2.22. The summed E-state index contributed by atoms with van der Waals surface area (Å²) in [4.78, 5) is 11.6. The van der Waals surface area contributed by atoms with E-state index in [0.717, 1.165) is 37.8 Å². The Morgan fingerprint density at radius 3 is 2.94 bits per heavy atom. The molecule has 3 rings (SSSR count). The van der Waals surface area contributed by atoms with Gasteiger partial charge in [0.05, 0.1) is 0 Å². The van der Waals surface area contributed by atoms with E-state index in [1.54, 1.807) is 0 Å². The van der Waals surface area contributed by atoms with Gasteiger partial charge in [0.25, 0.3) is 0 Å². The van der Waals surface area contributed by atoms with Crippen molar-refractivity contribution in [1.82, 2.24) is 9.97 Å². The minimum Gasteiger partial charge on any atom is -0.341 e. The molecule has 1 unspecified atom stereocenters. The van der Waals surface area contributed by atoms with E-state index < -0.39 is 0 Å². The molecule has 0 saturated carbocycles. The second kappa shape index (κ2) is 4.04. The van der Waals surface area contributed by atoms with Gasteiger partial charge in [0.15, 0.2) is 0 Å². The maximum absolute atomic E-state index is 4.74. The lowest BCUT2D eigenvalue weighted by molar-refractivity contribution is 0.492. The van der Waals surface area contributed by atoms with Crippen LogP contribution in [0.2, 0.25) is 0 Å². The number of fused-ring (bicyclic) bond motifs is 1. The second-order valence-electron chi connectivity index (χ2n) is 5.18. The van der Waals surface area contributed by atoms with Crippen molar-refractivity contribution in [2.75, 3.05) is 18.0 Å². The van der Waals surface area contributed by atoms with Crippen molar-refractivity contribution in [3.8, 4) is 0 Å². The molecule has 0 radical (unpaired) electrons. The van der Waals surface area contributed by atoms with Gasteiger partial charge >= 0.3 is 0 Å². The number of aromatic nitrogens is 2. The molecule has 1 aromatic heterocycles. The van der Waals surface area contributed by atoms with Crippen molar-refractivity contribution in [1.29, 1.82) is 0 Å². The summed E-state index contributed by atoms with van der Waals surface area (Å²) in [6.45, 7) is 4.59. The Morgan fingerprint density at radius 1 is 1.31 bits per heavy atom. The van der Waals surface area contributed by atoms with Gasteiger partial charge in [0.2, 0.25) is 5.95 Å². The summed E-state index contributed by atoms with van der Waals surface area (Å²) in [6, 6.07) is 0. The van der Waals surface area contributed by atoms with E-state index in [4.69, 9.17) is 4.98 Å². The third-order valence-corrected chi connectivity index (χ3v) is 3.77. The van der Waals surface area contributed by atoms with Crippen molar-refractivity contribution in [2.45, 2.75) is 39.0 Å². The molecule has 0 bridgehead atoms. The largest absolute Gasteiger partial charge is 0.341 e. The van der Waals surface area contributed by atoms with Crippen LogP contribution in [0.5, 0.6) is 0 Å². The SMILES string of the molecule is CC1CCc2nc(N3CCCC3)ncc2C1. The van der Waals surface area contributed by atoms with Gasteiger partial charge in [-0.3, -0.25) is 0 Å². The number of aryl methyl sites for hydroxylation is 1. The lowest BCUT2D eigenvalue weighted by Crippen LogP contribution is -2.22. The van der Waals surface area contributed by atoms with Crippen LogP contribution < -0.4 is 4.90 Å². The predicted molar refractivity (Wildman–Crippen MR) is 64.7 cm³/mol. The molecule has 0 aromatic carbocycles. The van der Waals surface area contributed by atoms with Crippen LogP contribution in [0.25, 0.3) is 0 Å². The third kappa shape index (κ3) is 1.79. The van der Waals surface area contributed by atoms with Gasteiger partial charge in [0, 0.05) is 25.0 Å². The van der Waals surface area contributed by atoms with Gasteiger partial charge in [0.1, 0.15) is 0 Å². The van der Waals surface area contributed by atoms with Gasteiger partial charge in [-0.15, -0.1) is 0 Å². The molecule has 3 nitrogen and oxygen atoms in total. The summed E-state index contributed by atoms with van der Waals surface area (Å²) in [6.07, 6.45) is 8.22. The number of hydrogen-bond donors (Lipinski definition) is 0. The molecule has 1 fully saturated rings. The summed E-state index contributed by atoms with van der Waals surface area (Å²) in [5, 5.41) is 0. The highest BCUT2D eigenvalue weighted by Crippen LogP contribution is 2.25. The first-order valence-corrected chi connectivity index (χ1v) is 6.42. The molecular formula is C13H19N3. The summed E-state index contributed by atoms with van der Waals surface area (Å²) < 4.78 is 0. The van der Waals surface area contributed by atoms with Crippen molar-refractivity contribution < 1.29 is 0 Å². The number of anilines is 1. The molecule has 86 valence electrons. The van der Waals surface area contributed by atoms with Gasteiger partial charge in [-0.2, -0.15) is 0 Å². The highest BCUT2D eigenvalue weighted by Gasteiger charge is 2.20. The Labute approximate surface area is 96.9 Å². The fourth-order valence-electron chi connectivity index (χ4n) is 2.75. The fraction of sp³-hybridized carbons (Fsp3) is 0.692. The van der Waals surface area contributed by atoms with Crippen LogP contribution in [0.1, 0.15) is 37.4 Å². The van der Waals surface area contributed by atoms with Gasteiger partial charge in [-0.1, -0.05) is 6.92 Å². The summed E-state index contributed by atoms with van der Waals surface area (Å²) in [5.41, 5.74) is 2.68. The van der Waals surface area contributed by atoms with Crippen molar-refractivity contribution in [3.63, 3.8) is 0 Å². The molecule has 2 aliphatic rings. The molecule has 1 saturated heterocycles. The maximum Gasteiger partial charge on any atom is 0.225 e. The normalized spacial score (nSPS) is 24.6. The zero-order valence-corrected chi connectivity index (χ0v) is 9.95.